The highest BCUT2D eigenvalue weighted by molar-refractivity contribution is 8.29. The molecule has 0 radical (unpaired) electrons. The second kappa shape index (κ2) is 11.0. The fourth-order valence-electron chi connectivity index (χ4n) is 4.96. The van der Waals surface area contributed by atoms with E-state index in [1.165, 1.54) is 26.2 Å². The van der Waals surface area contributed by atoms with Gasteiger partial charge in [-0.1, -0.05) is 47.9 Å². The summed E-state index contributed by atoms with van der Waals surface area (Å²) in [6, 6.07) is 11.5. The summed E-state index contributed by atoms with van der Waals surface area (Å²) in [5.41, 5.74) is 0.850. The van der Waals surface area contributed by atoms with Crippen molar-refractivity contribution in [2.45, 2.75) is 19.4 Å². The van der Waals surface area contributed by atoms with Crippen LogP contribution in [0.2, 0.25) is 0 Å². The van der Waals surface area contributed by atoms with Gasteiger partial charge in [0.05, 0.1) is 52.8 Å². The first-order valence-corrected chi connectivity index (χ1v) is 14.5. The molecule has 3 amide bonds. The predicted octanol–water partition coefficient (Wildman–Crippen LogP) is 4.19. The Labute approximate surface area is 255 Å². The number of esters is 2. The molecule has 0 bridgehead atoms. The maximum absolute atomic E-state index is 14.0. The Morgan fingerprint density at radius 3 is 1.90 bits per heavy atom. The molecule has 13 heteroatoms. The number of fused-ring (bicyclic) bond motifs is 2. The number of anilines is 1. The Kier molecular flexibility index (Phi) is 7.77. The van der Waals surface area contributed by atoms with Crippen LogP contribution in [0.1, 0.15) is 40.1 Å². The number of benzene rings is 2. The number of thiocarbonyl (C=S) groups is 1. The van der Waals surface area contributed by atoms with Crippen molar-refractivity contribution in [1.82, 2.24) is 4.90 Å². The average molecular weight is 625 g/mol. The van der Waals surface area contributed by atoms with E-state index in [2.05, 4.69) is 0 Å². The van der Waals surface area contributed by atoms with E-state index >= 15 is 0 Å². The Balaban J connectivity index is 1.60. The predicted molar refractivity (Wildman–Crippen MR) is 162 cm³/mol. The summed E-state index contributed by atoms with van der Waals surface area (Å²) in [5.74, 6) is -2.54. The number of rotatable bonds is 5. The van der Waals surface area contributed by atoms with Crippen LogP contribution >= 0.6 is 35.7 Å². The van der Waals surface area contributed by atoms with Gasteiger partial charge in [0.25, 0.3) is 11.8 Å². The number of hydrogen-bond donors (Lipinski definition) is 0. The van der Waals surface area contributed by atoms with Crippen LogP contribution < -0.4 is 9.64 Å². The summed E-state index contributed by atoms with van der Waals surface area (Å²) < 4.78 is 15.8. The third kappa shape index (κ3) is 4.61. The van der Waals surface area contributed by atoms with Gasteiger partial charge in [0.1, 0.15) is 22.1 Å². The lowest BCUT2D eigenvalue weighted by molar-refractivity contribution is -0.138. The third-order valence-corrected chi connectivity index (χ3v) is 10.3. The average Bonchev–Trinajstić information content (AvgIpc) is 3.52. The number of thioether (sulfide) groups is 2. The highest BCUT2D eigenvalue weighted by Crippen LogP contribution is 2.56. The molecule has 5 rings (SSSR count). The molecule has 3 aliphatic heterocycles. The number of imide groups is 1. The van der Waals surface area contributed by atoms with E-state index in [1.54, 1.807) is 56.3 Å². The van der Waals surface area contributed by atoms with E-state index < -0.39 is 41.7 Å². The molecular weight excluding hydrogens is 601 g/mol. The summed E-state index contributed by atoms with van der Waals surface area (Å²) in [6.45, 7) is 3.01. The second-order valence-corrected chi connectivity index (χ2v) is 12.5. The summed E-state index contributed by atoms with van der Waals surface area (Å²) in [4.78, 5) is 68.0. The quantitative estimate of drug-likeness (QED) is 0.206. The molecule has 0 spiro atoms. The van der Waals surface area contributed by atoms with Crippen LogP contribution in [0.25, 0.3) is 5.57 Å². The molecule has 0 N–H and O–H groups in total. The molecule has 3 aliphatic rings. The molecule has 0 saturated carbocycles. The van der Waals surface area contributed by atoms with Gasteiger partial charge < -0.3 is 14.2 Å². The monoisotopic (exact) mass is 624 g/mol. The maximum Gasteiger partial charge on any atom is 0.346 e. The molecular formula is C29H24N2O8S3. The van der Waals surface area contributed by atoms with Gasteiger partial charge in [-0.05, 0) is 44.2 Å². The number of methoxy groups -OCH3 is 3. The number of hydrogen-bond acceptors (Lipinski definition) is 11. The number of nitrogens with zero attached hydrogens (tertiary/aromatic N) is 2. The lowest BCUT2D eigenvalue weighted by Crippen LogP contribution is -2.58. The van der Waals surface area contributed by atoms with Gasteiger partial charge in [0.2, 0.25) is 5.91 Å². The zero-order valence-electron chi connectivity index (χ0n) is 23.1. The highest BCUT2D eigenvalue weighted by atomic mass is 32.2. The fourth-order valence-corrected chi connectivity index (χ4v) is 7.99. The van der Waals surface area contributed by atoms with Crippen LogP contribution in [-0.4, -0.2) is 72.8 Å². The minimum Gasteiger partial charge on any atom is -0.497 e. The Morgan fingerprint density at radius 1 is 0.857 bits per heavy atom. The Bertz CT molecular complexity index is 1610. The van der Waals surface area contributed by atoms with Crippen molar-refractivity contribution in [2.24, 2.45) is 0 Å². The van der Waals surface area contributed by atoms with Crippen molar-refractivity contribution in [3.63, 3.8) is 0 Å². The van der Waals surface area contributed by atoms with Gasteiger partial charge in [-0.25, -0.2) is 9.59 Å². The van der Waals surface area contributed by atoms with Gasteiger partial charge in [0, 0.05) is 11.1 Å². The minimum absolute atomic E-state index is 0.0611. The van der Waals surface area contributed by atoms with E-state index in [0.717, 1.165) is 28.4 Å². The molecule has 0 aliphatic carbocycles. The normalized spacial score (nSPS) is 17.4. The van der Waals surface area contributed by atoms with Gasteiger partial charge in [-0.15, -0.1) is 0 Å². The minimum atomic E-state index is -1.13. The summed E-state index contributed by atoms with van der Waals surface area (Å²) in [7, 11) is 3.93. The second-order valence-electron chi connectivity index (χ2n) is 9.75. The first-order chi connectivity index (χ1) is 20.0. The lowest BCUT2D eigenvalue weighted by atomic mass is 9.83. The van der Waals surface area contributed by atoms with E-state index in [-0.39, 0.29) is 20.9 Å². The van der Waals surface area contributed by atoms with Crippen LogP contribution in [-0.2, 0) is 23.9 Å². The van der Waals surface area contributed by atoms with Crippen molar-refractivity contribution in [2.75, 3.05) is 32.8 Å². The molecule has 0 atom stereocenters. The van der Waals surface area contributed by atoms with E-state index in [1.807, 2.05) is 0 Å². The van der Waals surface area contributed by atoms with Gasteiger partial charge in [-0.2, -0.15) is 0 Å². The maximum atomic E-state index is 14.0. The van der Waals surface area contributed by atoms with Crippen LogP contribution in [0.15, 0.2) is 56.5 Å². The van der Waals surface area contributed by atoms with Gasteiger partial charge in [0.15, 0.2) is 0 Å². The molecule has 3 heterocycles. The van der Waals surface area contributed by atoms with Crippen molar-refractivity contribution in [3.05, 3.63) is 73.2 Å². The van der Waals surface area contributed by atoms with E-state index in [0.29, 0.717) is 31.7 Å². The fraction of sp³-hybridized carbons (Fsp3) is 0.241. The number of amides is 3. The van der Waals surface area contributed by atoms with Crippen LogP contribution in [0.4, 0.5) is 5.69 Å². The van der Waals surface area contributed by atoms with E-state index in [9.17, 15) is 24.0 Å². The first-order valence-electron chi connectivity index (χ1n) is 12.5. The van der Waals surface area contributed by atoms with Crippen LogP contribution in [0.5, 0.6) is 5.75 Å². The molecule has 2 aromatic rings. The number of carbonyl (C=O) groups is 5. The first kappa shape index (κ1) is 29.5. The molecule has 0 fully saturated rings. The lowest BCUT2D eigenvalue weighted by Gasteiger charge is -2.45. The smallest absolute Gasteiger partial charge is 0.346 e. The zero-order valence-corrected chi connectivity index (χ0v) is 25.6. The largest absolute Gasteiger partial charge is 0.497 e. The standard InChI is InChI=1S/C29H24N2O8S3/c1-29(2)23(40)20(28-41-21(26(35)38-4)22(42-28)27(36)39-5)17-12-14(37-3)10-11-18(17)31(29)19(32)13-30-24(33)15-8-6-7-9-16(15)25(30)34/h6-12H,13H2,1-5H3. The van der Waals surface area contributed by atoms with Gasteiger partial charge in [-0.3, -0.25) is 24.2 Å². The number of carbonyl (C=O) groups excluding carboxylic acids is 5. The topological polar surface area (TPSA) is 120 Å². The molecule has 216 valence electrons. The molecule has 42 heavy (non-hydrogen) atoms. The highest BCUT2D eigenvalue weighted by Gasteiger charge is 2.47. The Morgan fingerprint density at radius 2 is 1.40 bits per heavy atom. The zero-order chi connectivity index (χ0) is 30.5. The van der Waals surface area contributed by atoms with Gasteiger partial charge >= 0.3 is 11.9 Å². The molecule has 2 aromatic carbocycles. The van der Waals surface area contributed by atoms with Crippen molar-refractivity contribution in [3.8, 4) is 5.75 Å². The number of ether oxygens (including phenoxy) is 3. The van der Waals surface area contributed by atoms with Crippen LogP contribution in [0.3, 0.4) is 0 Å². The molecule has 0 aromatic heterocycles. The molecule has 0 saturated heterocycles. The molecule has 10 nitrogen and oxygen atoms in total. The van der Waals surface area contributed by atoms with E-state index in [4.69, 9.17) is 26.4 Å². The SMILES string of the molecule is COC(=O)C1=C(C(=O)OC)SC(=C2C(=S)C(C)(C)N(C(=O)CN3C(=O)c4ccccc4C3=O)c3ccc(OC)cc32)S1. The summed E-state index contributed by atoms with van der Waals surface area (Å²) >= 11 is 8.05. The summed E-state index contributed by atoms with van der Waals surface area (Å²) in [6.07, 6.45) is 0. The van der Waals surface area contributed by atoms with Crippen molar-refractivity contribution < 1.29 is 38.2 Å². The Hall–Kier alpha value is -3.94. The van der Waals surface area contributed by atoms with Crippen molar-refractivity contribution in [1.29, 1.82) is 0 Å². The summed E-state index contributed by atoms with van der Waals surface area (Å²) in [5, 5.41) is 0. The third-order valence-electron chi connectivity index (χ3n) is 7.02. The van der Waals surface area contributed by atoms with Crippen LogP contribution in [0, 0.1) is 0 Å². The van der Waals surface area contributed by atoms with Crippen molar-refractivity contribution >= 4 is 81.5 Å². The molecule has 0 unspecified atom stereocenters.